The quantitative estimate of drug-likeness (QED) is 0.805. The Balaban J connectivity index is 1.64. The molecule has 106 valence electrons. The van der Waals surface area contributed by atoms with Crippen LogP contribution in [0.5, 0.6) is 0 Å². The molecule has 0 aromatic carbocycles. The van der Waals surface area contributed by atoms with Crippen LogP contribution in [-0.2, 0) is 4.74 Å². The van der Waals surface area contributed by atoms with Gasteiger partial charge in [0.05, 0.1) is 12.2 Å². The van der Waals surface area contributed by atoms with Gasteiger partial charge in [0.1, 0.15) is 0 Å². The van der Waals surface area contributed by atoms with E-state index in [1.165, 1.54) is 44.9 Å². The molecule has 2 aliphatic rings. The molecule has 0 aromatic rings. The molecule has 0 aliphatic heterocycles. The van der Waals surface area contributed by atoms with Crippen molar-refractivity contribution in [3.05, 3.63) is 0 Å². The maximum Gasteiger partial charge on any atom is 0.0675 e. The van der Waals surface area contributed by atoms with Gasteiger partial charge in [0.2, 0.25) is 0 Å². The normalized spacial score (nSPS) is 35.8. The lowest BCUT2D eigenvalue weighted by atomic mass is 9.82. The zero-order chi connectivity index (χ0) is 13.0. The van der Waals surface area contributed by atoms with Gasteiger partial charge in [-0.15, -0.1) is 0 Å². The van der Waals surface area contributed by atoms with E-state index in [4.69, 9.17) is 4.74 Å². The molecule has 18 heavy (non-hydrogen) atoms. The van der Waals surface area contributed by atoms with E-state index in [2.05, 4.69) is 26.1 Å². The molecule has 1 N–H and O–H groups in total. The van der Waals surface area contributed by atoms with Gasteiger partial charge in [0, 0.05) is 12.6 Å². The van der Waals surface area contributed by atoms with Crippen molar-refractivity contribution in [3.63, 3.8) is 0 Å². The highest BCUT2D eigenvalue weighted by molar-refractivity contribution is 4.78. The number of rotatable bonds is 5. The first-order chi connectivity index (χ1) is 8.63. The third-order valence-corrected chi connectivity index (χ3v) is 4.61. The van der Waals surface area contributed by atoms with Crippen LogP contribution in [0.3, 0.4) is 0 Å². The van der Waals surface area contributed by atoms with Crippen LogP contribution in [0.2, 0.25) is 0 Å². The lowest BCUT2D eigenvalue weighted by molar-refractivity contribution is -0.0408. The van der Waals surface area contributed by atoms with E-state index in [9.17, 15) is 0 Å². The average Bonchev–Trinajstić information content (AvgIpc) is 2.77. The summed E-state index contributed by atoms with van der Waals surface area (Å²) in [6, 6.07) is 0.764. The van der Waals surface area contributed by atoms with Gasteiger partial charge in [0.15, 0.2) is 0 Å². The smallest absolute Gasteiger partial charge is 0.0675 e. The van der Waals surface area contributed by atoms with Crippen molar-refractivity contribution >= 4 is 0 Å². The zero-order valence-corrected chi connectivity index (χ0v) is 12.5. The highest BCUT2D eigenvalue weighted by atomic mass is 16.5. The van der Waals surface area contributed by atoms with Crippen molar-refractivity contribution < 1.29 is 4.74 Å². The van der Waals surface area contributed by atoms with Crippen molar-refractivity contribution in [2.45, 2.75) is 84.0 Å². The van der Waals surface area contributed by atoms with Crippen LogP contribution in [0, 0.1) is 11.8 Å². The minimum Gasteiger partial charge on any atom is -0.374 e. The Kier molecular flexibility index (Phi) is 5.50. The van der Waals surface area contributed by atoms with Gasteiger partial charge in [-0.2, -0.15) is 0 Å². The molecule has 3 unspecified atom stereocenters. The van der Waals surface area contributed by atoms with Gasteiger partial charge in [-0.1, -0.05) is 26.7 Å². The second-order valence-corrected chi connectivity index (χ2v) is 6.88. The predicted molar refractivity (Wildman–Crippen MR) is 76.8 cm³/mol. The lowest BCUT2D eigenvalue weighted by Crippen LogP contribution is -2.37. The highest BCUT2D eigenvalue weighted by Gasteiger charge is 2.26. The van der Waals surface area contributed by atoms with Gasteiger partial charge in [-0.05, 0) is 50.9 Å². The van der Waals surface area contributed by atoms with E-state index >= 15 is 0 Å². The Morgan fingerprint density at radius 2 is 1.67 bits per heavy atom. The molecular weight excluding hydrogens is 222 g/mol. The molecule has 0 heterocycles. The fraction of sp³-hybridized carbons (Fsp3) is 1.00. The van der Waals surface area contributed by atoms with E-state index in [-0.39, 0.29) is 0 Å². The molecule has 2 aliphatic carbocycles. The monoisotopic (exact) mass is 253 g/mol. The summed E-state index contributed by atoms with van der Waals surface area (Å²) in [6.07, 6.45) is 10.3. The van der Waals surface area contributed by atoms with Crippen LogP contribution in [0.15, 0.2) is 0 Å². The summed E-state index contributed by atoms with van der Waals surface area (Å²) in [5, 5.41) is 3.67. The van der Waals surface area contributed by atoms with Crippen molar-refractivity contribution in [2.24, 2.45) is 11.8 Å². The van der Waals surface area contributed by atoms with Crippen LogP contribution in [0.1, 0.15) is 65.7 Å². The fourth-order valence-corrected chi connectivity index (χ4v) is 3.82. The summed E-state index contributed by atoms with van der Waals surface area (Å²) in [6.45, 7) is 8.00. The number of ether oxygens (including phenoxy) is 1. The third kappa shape index (κ3) is 4.55. The molecular formula is C16H31NO. The first-order valence-electron chi connectivity index (χ1n) is 8.02. The number of nitrogens with one attached hydrogen (secondary N) is 1. The molecule has 2 fully saturated rings. The molecule has 2 heteroatoms. The maximum atomic E-state index is 6.23. The Bertz CT molecular complexity index is 227. The SMILES string of the molecule is CC1CC(C)CC(OC(C)CNC2CCCC2)C1. The minimum atomic E-state index is 0.369. The Hall–Kier alpha value is -0.0800. The summed E-state index contributed by atoms with van der Waals surface area (Å²) in [5.74, 6) is 1.68. The van der Waals surface area contributed by atoms with E-state index in [0.717, 1.165) is 24.4 Å². The van der Waals surface area contributed by atoms with Crippen molar-refractivity contribution in [2.75, 3.05) is 6.54 Å². The molecule has 0 spiro atoms. The average molecular weight is 253 g/mol. The first-order valence-corrected chi connectivity index (χ1v) is 8.02. The molecule has 0 radical (unpaired) electrons. The Labute approximate surface area is 113 Å². The number of hydrogen-bond acceptors (Lipinski definition) is 2. The lowest BCUT2D eigenvalue weighted by Gasteiger charge is -2.33. The molecule has 0 bridgehead atoms. The van der Waals surface area contributed by atoms with Gasteiger partial charge in [-0.3, -0.25) is 0 Å². The number of hydrogen-bond donors (Lipinski definition) is 1. The molecule has 2 nitrogen and oxygen atoms in total. The van der Waals surface area contributed by atoms with Crippen LogP contribution in [0.4, 0.5) is 0 Å². The van der Waals surface area contributed by atoms with E-state index in [0.29, 0.717) is 12.2 Å². The summed E-state index contributed by atoms with van der Waals surface area (Å²) >= 11 is 0. The topological polar surface area (TPSA) is 21.3 Å². The first kappa shape index (κ1) is 14.3. The van der Waals surface area contributed by atoms with E-state index in [1.807, 2.05) is 0 Å². The third-order valence-electron chi connectivity index (χ3n) is 4.61. The molecule has 2 saturated carbocycles. The summed E-state index contributed by atoms with van der Waals surface area (Å²) in [7, 11) is 0. The van der Waals surface area contributed by atoms with Crippen LogP contribution >= 0.6 is 0 Å². The zero-order valence-electron chi connectivity index (χ0n) is 12.5. The van der Waals surface area contributed by atoms with E-state index < -0.39 is 0 Å². The molecule has 0 saturated heterocycles. The second-order valence-electron chi connectivity index (χ2n) is 6.88. The Morgan fingerprint density at radius 3 is 2.28 bits per heavy atom. The largest absolute Gasteiger partial charge is 0.374 e. The molecule has 2 rings (SSSR count). The van der Waals surface area contributed by atoms with Gasteiger partial charge in [0.25, 0.3) is 0 Å². The maximum absolute atomic E-state index is 6.23. The molecule has 0 amide bonds. The standard InChI is InChI=1S/C16H31NO/c1-12-8-13(2)10-16(9-12)18-14(3)11-17-15-6-4-5-7-15/h12-17H,4-11H2,1-3H3. The summed E-state index contributed by atoms with van der Waals surface area (Å²) < 4.78 is 6.23. The van der Waals surface area contributed by atoms with Crippen LogP contribution < -0.4 is 5.32 Å². The van der Waals surface area contributed by atoms with Crippen LogP contribution in [0.25, 0.3) is 0 Å². The fourth-order valence-electron chi connectivity index (χ4n) is 3.82. The summed E-state index contributed by atoms with van der Waals surface area (Å²) in [4.78, 5) is 0. The predicted octanol–water partition coefficient (Wildman–Crippen LogP) is 3.75. The van der Waals surface area contributed by atoms with Crippen molar-refractivity contribution in [1.82, 2.24) is 5.32 Å². The molecule has 0 aromatic heterocycles. The second kappa shape index (κ2) is 6.91. The van der Waals surface area contributed by atoms with Crippen molar-refractivity contribution in [3.8, 4) is 0 Å². The van der Waals surface area contributed by atoms with Gasteiger partial charge < -0.3 is 10.1 Å². The minimum absolute atomic E-state index is 0.369. The van der Waals surface area contributed by atoms with Gasteiger partial charge in [-0.25, -0.2) is 0 Å². The van der Waals surface area contributed by atoms with Crippen molar-refractivity contribution in [1.29, 1.82) is 0 Å². The van der Waals surface area contributed by atoms with Crippen LogP contribution in [-0.4, -0.2) is 24.8 Å². The van der Waals surface area contributed by atoms with Gasteiger partial charge >= 0.3 is 0 Å². The highest BCUT2D eigenvalue weighted by Crippen LogP contribution is 2.30. The Morgan fingerprint density at radius 1 is 1.06 bits per heavy atom. The molecule has 3 atom stereocenters. The summed E-state index contributed by atoms with van der Waals surface area (Å²) in [5.41, 5.74) is 0. The van der Waals surface area contributed by atoms with E-state index in [1.54, 1.807) is 0 Å².